The standard InChI is InChI=1S/C112H96BN5/c1-109(2,3)79-47-55-83(56-48-79)114(84-57-49-80(50-58-84)110(4,5)6)87-63-65-97-101(71-87)117(106-89(73-30-17-13-18-31-73)39-27-40-90(106)74-32-19-14-20-33-74)103-69-78(77-46-67-100-96(68-77)95-44-29-43-94-93-38-25-26-45-99(93)116(100)108(94)95)70-104-105(103)113(97)98-66-64-88(115(85-59-51-81(52-60-85)111(7,8)9)86-61-53-82(54-62-86)112(10,11)12)72-102(98)118(104)107-91(75-34-21-15-22-35-75)41-28-42-92(107)76-36-23-16-24-37-76/h13-72H,1-12H3. The Morgan fingerprint density at radius 2 is 0.542 bits per heavy atom. The molecule has 0 N–H and O–H groups in total. The van der Waals surface area contributed by atoms with Crippen LogP contribution in [0.4, 0.5) is 68.2 Å². The van der Waals surface area contributed by atoms with Crippen LogP contribution in [-0.4, -0.2) is 11.1 Å². The third-order valence-corrected chi connectivity index (χ3v) is 24.9. The Kier molecular flexibility index (Phi) is 17.6. The first kappa shape index (κ1) is 73.5. The van der Waals surface area contributed by atoms with Crippen molar-refractivity contribution in [1.29, 1.82) is 0 Å². The van der Waals surface area contributed by atoms with Crippen LogP contribution in [0.3, 0.4) is 0 Å². The molecule has 0 aliphatic carbocycles. The van der Waals surface area contributed by atoms with E-state index >= 15 is 0 Å². The maximum absolute atomic E-state index is 2.71. The van der Waals surface area contributed by atoms with Crippen molar-refractivity contribution < 1.29 is 0 Å². The van der Waals surface area contributed by atoms with Gasteiger partial charge in [-0.1, -0.05) is 344 Å². The molecule has 0 unspecified atom stereocenters. The van der Waals surface area contributed by atoms with E-state index in [0.717, 1.165) is 124 Å². The van der Waals surface area contributed by atoms with Gasteiger partial charge in [0.25, 0.3) is 6.71 Å². The lowest BCUT2D eigenvalue weighted by atomic mass is 9.33. The minimum atomic E-state index is -0.319. The Hall–Kier alpha value is -13.4. The van der Waals surface area contributed by atoms with Crippen molar-refractivity contribution in [3.63, 3.8) is 0 Å². The number of hydrogen-bond acceptors (Lipinski definition) is 4. The van der Waals surface area contributed by atoms with Gasteiger partial charge in [0, 0.05) is 101 Å². The largest absolute Gasteiger partial charge is 0.310 e. The van der Waals surface area contributed by atoms with E-state index in [1.807, 2.05) is 0 Å². The Labute approximate surface area is 695 Å². The first-order valence-corrected chi connectivity index (χ1v) is 41.8. The molecule has 118 heavy (non-hydrogen) atoms. The SMILES string of the molecule is CC(C)(C)c1ccc(N(c2ccc(C(C)(C)C)cc2)c2ccc3c(c2)N(c2c(-c4ccccc4)cccc2-c2ccccc2)c2cc(-c4ccc5c(c4)c4cccc6c7ccccc7n5c64)cc4c2B3c2ccc(N(c3ccc(C(C)(C)C)cc3)c3ccc(C(C)(C)C)cc3)cc2N4c2c(-c3ccccc3)cccc2-c2ccccc2)cc1. The molecule has 0 saturated carbocycles. The van der Waals surface area contributed by atoms with E-state index in [2.05, 4.69) is 471 Å². The lowest BCUT2D eigenvalue weighted by Gasteiger charge is -2.46. The fraction of sp³-hybridized carbons (Fsp3) is 0.143. The molecule has 20 rings (SSSR count). The van der Waals surface area contributed by atoms with Crippen LogP contribution in [0.15, 0.2) is 364 Å². The normalized spacial score (nSPS) is 12.9. The van der Waals surface area contributed by atoms with E-state index in [-0.39, 0.29) is 28.4 Å². The summed E-state index contributed by atoms with van der Waals surface area (Å²) in [6, 6.07) is 139. The van der Waals surface area contributed by atoms with E-state index in [0.29, 0.717) is 0 Å². The highest BCUT2D eigenvalue weighted by Gasteiger charge is 2.46. The Morgan fingerprint density at radius 1 is 0.229 bits per heavy atom. The third-order valence-electron chi connectivity index (χ3n) is 24.9. The molecule has 2 aliphatic heterocycles. The van der Waals surface area contributed by atoms with Gasteiger partial charge < -0.3 is 24.0 Å². The molecule has 0 spiro atoms. The summed E-state index contributed by atoms with van der Waals surface area (Å²) in [5.41, 5.74) is 36.3. The minimum absolute atomic E-state index is 0.0562. The summed E-state index contributed by atoms with van der Waals surface area (Å²) in [5, 5.41) is 4.98. The van der Waals surface area contributed by atoms with Gasteiger partial charge in [0.1, 0.15) is 0 Å². The molecule has 18 aromatic rings. The summed E-state index contributed by atoms with van der Waals surface area (Å²) >= 11 is 0. The van der Waals surface area contributed by atoms with Crippen molar-refractivity contribution in [2.24, 2.45) is 0 Å². The van der Waals surface area contributed by atoms with Gasteiger partial charge in [0.15, 0.2) is 0 Å². The summed E-state index contributed by atoms with van der Waals surface area (Å²) in [6.07, 6.45) is 0. The van der Waals surface area contributed by atoms with E-state index in [9.17, 15) is 0 Å². The van der Waals surface area contributed by atoms with Crippen LogP contribution in [0, 0.1) is 0 Å². The molecule has 0 amide bonds. The second-order valence-corrected chi connectivity index (χ2v) is 36.5. The molecule has 0 bridgehead atoms. The molecule has 0 saturated heterocycles. The zero-order valence-corrected chi connectivity index (χ0v) is 69.5. The molecule has 16 aromatic carbocycles. The monoisotopic (exact) mass is 1520 g/mol. The average molecular weight is 1520 g/mol. The van der Waals surface area contributed by atoms with Crippen molar-refractivity contribution in [2.45, 2.75) is 105 Å². The smallest absolute Gasteiger partial charge is 0.252 e. The summed E-state index contributed by atoms with van der Waals surface area (Å²) in [5.74, 6) is 0. The maximum atomic E-state index is 2.71. The summed E-state index contributed by atoms with van der Waals surface area (Å²) in [4.78, 5) is 10.4. The molecular weight excluding hydrogens is 1430 g/mol. The van der Waals surface area contributed by atoms with Crippen molar-refractivity contribution in [2.75, 3.05) is 19.6 Å². The average Bonchev–Trinajstić information content (AvgIpc) is 0.844. The van der Waals surface area contributed by atoms with Crippen LogP contribution in [0.5, 0.6) is 0 Å². The zero-order chi connectivity index (χ0) is 80.7. The van der Waals surface area contributed by atoms with Crippen LogP contribution < -0.4 is 36.0 Å². The number of fused-ring (bicyclic) bond motifs is 10. The van der Waals surface area contributed by atoms with Gasteiger partial charge in [-0.05, 0) is 197 Å². The number of rotatable bonds is 13. The van der Waals surface area contributed by atoms with Gasteiger partial charge in [-0.15, -0.1) is 0 Å². The molecule has 0 atom stereocenters. The first-order chi connectivity index (χ1) is 57.1. The van der Waals surface area contributed by atoms with Crippen molar-refractivity contribution in [1.82, 2.24) is 4.40 Å². The van der Waals surface area contributed by atoms with Gasteiger partial charge in [-0.2, -0.15) is 0 Å². The van der Waals surface area contributed by atoms with Crippen molar-refractivity contribution >= 4 is 129 Å². The van der Waals surface area contributed by atoms with Gasteiger partial charge in [-0.3, -0.25) is 0 Å². The highest BCUT2D eigenvalue weighted by Crippen LogP contribution is 2.56. The maximum Gasteiger partial charge on any atom is 0.252 e. The molecular formula is C112H96BN5. The topological polar surface area (TPSA) is 17.4 Å². The van der Waals surface area contributed by atoms with Crippen LogP contribution in [-0.2, 0) is 21.7 Å². The lowest BCUT2D eigenvalue weighted by molar-refractivity contribution is 0.590. The molecule has 572 valence electrons. The fourth-order valence-electron chi connectivity index (χ4n) is 18.8. The summed E-state index contributed by atoms with van der Waals surface area (Å²) < 4.78 is 2.51. The van der Waals surface area contributed by atoms with E-state index < -0.39 is 0 Å². The second kappa shape index (κ2) is 28.2. The molecule has 5 nitrogen and oxygen atoms in total. The third kappa shape index (κ3) is 12.5. The van der Waals surface area contributed by atoms with Crippen LogP contribution in [0.2, 0.25) is 0 Å². The van der Waals surface area contributed by atoms with Crippen LogP contribution in [0.25, 0.3) is 93.7 Å². The lowest BCUT2D eigenvalue weighted by Crippen LogP contribution is -2.61. The van der Waals surface area contributed by atoms with Crippen molar-refractivity contribution in [3.8, 4) is 55.6 Å². The number of aromatic nitrogens is 1. The number of nitrogens with zero attached hydrogens (tertiary/aromatic N) is 5. The molecule has 6 heteroatoms. The predicted octanol–water partition coefficient (Wildman–Crippen LogP) is 29.4. The number of hydrogen-bond donors (Lipinski definition) is 0. The van der Waals surface area contributed by atoms with Gasteiger partial charge in [0.2, 0.25) is 0 Å². The number of benzene rings is 16. The number of anilines is 12. The Morgan fingerprint density at radius 3 is 0.907 bits per heavy atom. The Balaban J connectivity index is 0.950. The highest BCUT2D eigenvalue weighted by molar-refractivity contribution is 7.00. The zero-order valence-electron chi connectivity index (χ0n) is 69.5. The van der Waals surface area contributed by atoms with E-state index in [4.69, 9.17) is 0 Å². The molecule has 2 aliphatic rings. The van der Waals surface area contributed by atoms with Crippen molar-refractivity contribution in [3.05, 3.63) is 386 Å². The number of para-hydroxylation sites is 4. The van der Waals surface area contributed by atoms with Crippen LogP contribution in [0.1, 0.15) is 105 Å². The minimum Gasteiger partial charge on any atom is -0.310 e. The highest BCUT2D eigenvalue weighted by atomic mass is 15.2. The molecule has 0 fully saturated rings. The molecule has 0 radical (unpaired) electrons. The Bertz CT molecular complexity index is 6310. The van der Waals surface area contributed by atoms with Gasteiger partial charge >= 0.3 is 0 Å². The summed E-state index contributed by atoms with van der Waals surface area (Å²) in [6.45, 7) is 27.3. The molecule has 2 aromatic heterocycles. The van der Waals surface area contributed by atoms with Gasteiger partial charge in [-0.25, -0.2) is 0 Å². The van der Waals surface area contributed by atoms with E-state index in [1.165, 1.54) is 76.7 Å². The van der Waals surface area contributed by atoms with Gasteiger partial charge in [0.05, 0.1) is 27.9 Å². The quantitative estimate of drug-likeness (QED) is 0.107. The van der Waals surface area contributed by atoms with Crippen LogP contribution >= 0.6 is 0 Å². The second-order valence-electron chi connectivity index (χ2n) is 36.5. The fourth-order valence-corrected chi connectivity index (χ4v) is 18.8. The molecule has 4 heterocycles. The predicted molar refractivity (Wildman–Crippen MR) is 506 cm³/mol. The first-order valence-electron chi connectivity index (χ1n) is 41.8. The summed E-state index contributed by atoms with van der Waals surface area (Å²) in [7, 11) is 0. The van der Waals surface area contributed by atoms with E-state index in [1.54, 1.807) is 0 Å².